The standard InChI is InChI=1S/C9H8BrN3O.C9H6BrN3O/c2*10-7-1-2-9(11-3-7)13-4-8(5-14)12-6-13/h1-4,6,14H,5H2;1-6H. The highest BCUT2D eigenvalue weighted by Gasteiger charge is 2.01. The van der Waals surface area contributed by atoms with Crippen LogP contribution < -0.4 is 0 Å². The molecule has 0 saturated heterocycles. The summed E-state index contributed by atoms with van der Waals surface area (Å²) in [5, 5.41) is 8.84. The summed E-state index contributed by atoms with van der Waals surface area (Å²) < 4.78 is 5.30. The van der Waals surface area contributed by atoms with E-state index in [9.17, 15) is 4.79 Å². The van der Waals surface area contributed by atoms with Crippen LogP contribution in [0.2, 0.25) is 0 Å². The number of aldehydes is 1. The van der Waals surface area contributed by atoms with Crippen LogP contribution in [0.15, 0.2) is 70.7 Å². The van der Waals surface area contributed by atoms with Crippen LogP contribution in [0.1, 0.15) is 16.2 Å². The molecule has 0 aliphatic rings. The van der Waals surface area contributed by atoms with Gasteiger partial charge in [0.1, 0.15) is 30.0 Å². The average Bonchev–Trinajstić information content (AvgIpc) is 3.39. The van der Waals surface area contributed by atoms with Gasteiger partial charge in [-0.15, -0.1) is 0 Å². The minimum atomic E-state index is -0.0521. The number of rotatable bonds is 4. The Kier molecular flexibility index (Phi) is 6.80. The van der Waals surface area contributed by atoms with Crippen molar-refractivity contribution in [2.24, 2.45) is 0 Å². The first-order valence-electron chi connectivity index (χ1n) is 7.96. The Labute approximate surface area is 177 Å². The zero-order valence-corrected chi connectivity index (χ0v) is 17.5. The zero-order chi connectivity index (χ0) is 19.9. The average molecular weight is 506 g/mol. The summed E-state index contributed by atoms with van der Waals surface area (Å²) in [5.74, 6) is 1.51. The maximum Gasteiger partial charge on any atom is 0.170 e. The lowest BCUT2D eigenvalue weighted by Crippen LogP contribution is -1.93. The van der Waals surface area contributed by atoms with Gasteiger partial charge < -0.3 is 5.11 Å². The third kappa shape index (κ3) is 5.18. The van der Waals surface area contributed by atoms with E-state index in [1.807, 2.05) is 24.3 Å². The molecule has 0 bridgehead atoms. The molecular weight excluding hydrogens is 492 g/mol. The summed E-state index contributed by atoms with van der Waals surface area (Å²) in [4.78, 5) is 26.6. The number of aromatic nitrogens is 6. The second kappa shape index (κ2) is 9.49. The van der Waals surface area contributed by atoms with E-state index in [4.69, 9.17) is 5.11 Å². The van der Waals surface area contributed by atoms with E-state index in [-0.39, 0.29) is 6.61 Å². The van der Waals surface area contributed by atoms with Gasteiger partial charge in [-0.3, -0.25) is 13.9 Å². The molecule has 28 heavy (non-hydrogen) atoms. The number of aliphatic hydroxyl groups is 1. The molecule has 142 valence electrons. The van der Waals surface area contributed by atoms with Crippen LogP contribution in [0.3, 0.4) is 0 Å². The zero-order valence-electron chi connectivity index (χ0n) is 14.4. The van der Waals surface area contributed by atoms with Crippen LogP contribution in [-0.4, -0.2) is 40.5 Å². The first kappa shape index (κ1) is 20.1. The summed E-state index contributed by atoms with van der Waals surface area (Å²) in [7, 11) is 0. The number of carbonyl (C=O) groups excluding carboxylic acids is 1. The van der Waals surface area contributed by atoms with Gasteiger partial charge in [-0.1, -0.05) is 0 Å². The summed E-state index contributed by atoms with van der Waals surface area (Å²) in [6.07, 6.45) is 10.7. The molecule has 4 heterocycles. The first-order chi connectivity index (χ1) is 13.6. The molecule has 0 atom stereocenters. The first-order valence-corrected chi connectivity index (χ1v) is 9.54. The van der Waals surface area contributed by atoms with Gasteiger partial charge in [0.25, 0.3) is 0 Å². The second-order valence-corrected chi connectivity index (χ2v) is 7.25. The molecule has 0 fully saturated rings. The minimum Gasteiger partial charge on any atom is -0.390 e. The number of hydrogen-bond donors (Lipinski definition) is 1. The van der Waals surface area contributed by atoms with Gasteiger partial charge in [0.2, 0.25) is 0 Å². The fourth-order valence-electron chi connectivity index (χ4n) is 2.14. The molecular formula is C18H14Br2N6O2. The molecule has 0 unspecified atom stereocenters. The van der Waals surface area contributed by atoms with E-state index in [2.05, 4.69) is 51.8 Å². The molecule has 0 aliphatic carbocycles. The SMILES string of the molecule is O=Cc1cn(-c2ccc(Br)cn2)cn1.OCc1cn(-c2ccc(Br)cn2)cn1. The van der Waals surface area contributed by atoms with Gasteiger partial charge in [-0.2, -0.15) is 0 Å². The second-order valence-electron chi connectivity index (χ2n) is 5.42. The molecule has 0 radical (unpaired) electrons. The van der Waals surface area contributed by atoms with E-state index in [0.29, 0.717) is 17.7 Å². The van der Waals surface area contributed by atoms with Crippen molar-refractivity contribution in [2.75, 3.05) is 0 Å². The van der Waals surface area contributed by atoms with Crippen molar-refractivity contribution in [3.63, 3.8) is 0 Å². The highest BCUT2D eigenvalue weighted by atomic mass is 79.9. The molecule has 10 heteroatoms. The van der Waals surface area contributed by atoms with E-state index in [1.165, 1.54) is 0 Å². The predicted octanol–water partition coefficient (Wildman–Crippen LogP) is 3.36. The number of pyridine rings is 2. The van der Waals surface area contributed by atoms with Crippen LogP contribution in [-0.2, 0) is 6.61 Å². The van der Waals surface area contributed by atoms with Crippen LogP contribution in [0.25, 0.3) is 11.6 Å². The minimum absolute atomic E-state index is 0.0521. The Morgan fingerprint density at radius 1 is 0.857 bits per heavy atom. The lowest BCUT2D eigenvalue weighted by atomic mass is 10.4. The van der Waals surface area contributed by atoms with E-state index in [0.717, 1.165) is 20.6 Å². The van der Waals surface area contributed by atoms with Crippen molar-refractivity contribution in [2.45, 2.75) is 6.61 Å². The Balaban J connectivity index is 0.000000161. The fraction of sp³-hybridized carbons (Fsp3) is 0.0556. The predicted molar refractivity (Wildman–Crippen MR) is 109 cm³/mol. The van der Waals surface area contributed by atoms with Gasteiger partial charge in [0.15, 0.2) is 6.29 Å². The fourth-order valence-corrected chi connectivity index (χ4v) is 2.61. The topological polar surface area (TPSA) is 98.7 Å². The third-order valence-electron chi connectivity index (χ3n) is 3.47. The normalized spacial score (nSPS) is 10.2. The van der Waals surface area contributed by atoms with E-state index < -0.39 is 0 Å². The maximum atomic E-state index is 10.4. The molecule has 4 aromatic rings. The number of carbonyl (C=O) groups is 1. The Hall–Kier alpha value is -2.69. The molecule has 8 nitrogen and oxygen atoms in total. The third-order valence-corrected chi connectivity index (χ3v) is 4.41. The summed E-state index contributed by atoms with van der Waals surface area (Å²) in [5.41, 5.74) is 1.03. The lowest BCUT2D eigenvalue weighted by Gasteiger charge is -1.99. The highest BCUT2D eigenvalue weighted by molar-refractivity contribution is 9.10. The lowest BCUT2D eigenvalue weighted by molar-refractivity contribution is 0.111. The Morgan fingerprint density at radius 2 is 1.43 bits per heavy atom. The number of hydrogen-bond acceptors (Lipinski definition) is 6. The number of aliphatic hydroxyl groups excluding tert-OH is 1. The van der Waals surface area contributed by atoms with Crippen molar-refractivity contribution in [3.8, 4) is 11.6 Å². The maximum absolute atomic E-state index is 10.4. The molecule has 1 N–H and O–H groups in total. The summed E-state index contributed by atoms with van der Waals surface area (Å²) >= 11 is 6.60. The van der Waals surface area contributed by atoms with Crippen molar-refractivity contribution >= 4 is 38.1 Å². The van der Waals surface area contributed by atoms with Crippen LogP contribution in [0, 0.1) is 0 Å². The van der Waals surface area contributed by atoms with Crippen molar-refractivity contribution < 1.29 is 9.90 Å². The smallest absolute Gasteiger partial charge is 0.170 e. The quantitative estimate of drug-likeness (QED) is 0.427. The van der Waals surface area contributed by atoms with E-state index >= 15 is 0 Å². The Morgan fingerprint density at radius 3 is 1.86 bits per heavy atom. The van der Waals surface area contributed by atoms with Crippen LogP contribution in [0.4, 0.5) is 0 Å². The van der Waals surface area contributed by atoms with Crippen molar-refractivity contribution in [1.82, 2.24) is 29.1 Å². The number of halogens is 2. The summed E-state index contributed by atoms with van der Waals surface area (Å²) in [6.45, 7) is -0.0521. The monoisotopic (exact) mass is 504 g/mol. The molecule has 0 saturated carbocycles. The largest absolute Gasteiger partial charge is 0.390 e. The van der Waals surface area contributed by atoms with Gasteiger partial charge in [0.05, 0.1) is 12.3 Å². The number of imidazole rings is 2. The Bertz CT molecular complexity index is 1040. The van der Waals surface area contributed by atoms with Gasteiger partial charge >= 0.3 is 0 Å². The van der Waals surface area contributed by atoms with Gasteiger partial charge in [0, 0.05) is 33.7 Å². The van der Waals surface area contributed by atoms with Gasteiger partial charge in [-0.05, 0) is 56.1 Å². The van der Waals surface area contributed by atoms with Gasteiger partial charge in [-0.25, -0.2) is 19.9 Å². The van der Waals surface area contributed by atoms with Crippen molar-refractivity contribution in [1.29, 1.82) is 0 Å². The van der Waals surface area contributed by atoms with Crippen molar-refractivity contribution in [3.05, 3.63) is 82.0 Å². The summed E-state index contributed by atoms with van der Waals surface area (Å²) in [6, 6.07) is 7.48. The molecule has 0 aliphatic heterocycles. The van der Waals surface area contributed by atoms with Crippen LogP contribution >= 0.6 is 31.9 Å². The number of nitrogens with zero attached hydrogens (tertiary/aromatic N) is 6. The highest BCUT2D eigenvalue weighted by Crippen LogP contribution is 2.11. The van der Waals surface area contributed by atoms with Crippen LogP contribution in [0.5, 0.6) is 0 Å². The molecule has 4 rings (SSSR count). The molecule has 4 aromatic heterocycles. The molecule has 0 spiro atoms. The molecule has 0 amide bonds. The van der Waals surface area contributed by atoms with E-state index in [1.54, 1.807) is 46.6 Å². The molecule has 0 aromatic carbocycles.